The largest absolute Gasteiger partial charge is 0.352 e. The van der Waals surface area contributed by atoms with E-state index < -0.39 is 0 Å². The van der Waals surface area contributed by atoms with Crippen LogP contribution in [0.15, 0.2) is 30.5 Å². The van der Waals surface area contributed by atoms with Crippen LogP contribution in [0.5, 0.6) is 0 Å². The smallest absolute Gasteiger partial charge is 0.240 e. The molecule has 1 aliphatic rings. The van der Waals surface area contributed by atoms with Crippen LogP contribution >= 0.6 is 0 Å². The molecule has 1 heterocycles. The van der Waals surface area contributed by atoms with Crippen molar-refractivity contribution in [2.45, 2.75) is 45.3 Å². The number of benzene rings is 1. The van der Waals surface area contributed by atoms with Crippen LogP contribution in [0, 0.1) is 0 Å². The van der Waals surface area contributed by atoms with Gasteiger partial charge in [0.25, 0.3) is 0 Å². The zero-order chi connectivity index (χ0) is 14.7. The predicted octanol–water partition coefficient (Wildman–Crippen LogP) is 2.42. The van der Waals surface area contributed by atoms with Gasteiger partial charge in [-0.3, -0.25) is 4.79 Å². The van der Waals surface area contributed by atoms with Gasteiger partial charge in [0.05, 0.1) is 0 Å². The summed E-state index contributed by atoms with van der Waals surface area (Å²) in [5, 5.41) is 7.72. The molecular formula is C17H23N3O. The van der Waals surface area contributed by atoms with E-state index in [1.54, 1.807) is 0 Å². The Morgan fingerprint density at radius 1 is 1.33 bits per heavy atom. The Balaban J connectivity index is 1.74. The summed E-state index contributed by atoms with van der Waals surface area (Å²) in [6.45, 7) is 4.48. The number of amides is 1. The van der Waals surface area contributed by atoms with Crippen molar-refractivity contribution in [3.63, 3.8) is 0 Å². The second-order valence-corrected chi connectivity index (χ2v) is 5.81. The molecule has 1 amide bonds. The minimum absolute atomic E-state index is 0.115. The Morgan fingerprint density at radius 2 is 2.19 bits per heavy atom. The molecule has 3 rings (SSSR count). The second-order valence-electron chi connectivity index (χ2n) is 5.81. The SMILES string of the molecule is CCCNCc1cccc2c1ccn2CC(=O)NC1CC1. The van der Waals surface area contributed by atoms with Crippen molar-refractivity contribution in [3.05, 3.63) is 36.0 Å². The van der Waals surface area contributed by atoms with E-state index in [-0.39, 0.29) is 5.91 Å². The van der Waals surface area contributed by atoms with Gasteiger partial charge in [0.15, 0.2) is 0 Å². The highest BCUT2D eigenvalue weighted by Gasteiger charge is 2.23. The summed E-state index contributed by atoms with van der Waals surface area (Å²) in [4.78, 5) is 12.0. The van der Waals surface area contributed by atoms with Crippen LogP contribution in [0.4, 0.5) is 0 Å². The summed E-state index contributed by atoms with van der Waals surface area (Å²) in [6.07, 6.45) is 5.41. The van der Waals surface area contributed by atoms with Crippen LogP contribution in [0.3, 0.4) is 0 Å². The second kappa shape index (κ2) is 6.31. The summed E-state index contributed by atoms with van der Waals surface area (Å²) in [7, 11) is 0. The number of carbonyl (C=O) groups is 1. The highest BCUT2D eigenvalue weighted by atomic mass is 16.2. The molecule has 4 nitrogen and oxygen atoms in total. The van der Waals surface area contributed by atoms with Crippen molar-refractivity contribution < 1.29 is 4.79 Å². The lowest BCUT2D eigenvalue weighted by molar-refractivity contribution is -0.121. The van der Waals surface area contributed by atoms with E-state index in [1.807, 2.05) is 10.8 Å². The molecule has 1 aromatic carbocycles. The van der Waals surface area contributed by atoms with Crippen LogP contribution in [0.1, 0.15) is 31.7 Å². The summed E-state index contributed by atoms with van der Waals surface area (Å²) >= 11 is 0. The maximum atomic E-state index is 12.0. The third-order valence-corrected chi connectivity index (χ3v) is 3.90. The van der Waals surface area contributed by atoms with Crippen molar-refractivity contribution in [1.82, 2.24) is 15.2 Å². The van der Waals surface area contributed by atoms with Gasteiger partial charge in [-0.25, -0.2) is 0 Å². The minimum Gasteiger partial charge on any atom is -0.352 e. The molecule has 0 radical (unpaired) electrons. The van der Waals surface area contributed by atoms with Gasteiger partial charge in [0, 0.05) is 29.7 Å². The summed E-state index contributed by atoms with van der Waals surface area (Å²) in [5.41, 5.74) is 2.43. The van der Waals surface area contributed by atoms with Crippen LogP contribution < -0.4 is 10.6 Å². The van der Waals surface area contributed by atoms with E-state index in [0.717, 1.165) is 37.9 Å². The van der Waals surface area contributed by atoms with Crippen molar-refractivity contribution in [2.24, 2.45) is 0 Å². The summed E-state index contributed by atoms with van der Waals surface area (Å²) in [5.74, 6) is 0.115. The first-order valence-corrected chi connectivity index (χ1v) is 7.84. The van der Waals surface area contributed by atoms with Crippen LogP contribution in [-0.4, -0.2) is 23.1 Å². The summed E-state index contributed by atoms with van der Waals surface area (Å²) < 4.78 is 2.04. The first-order chi connectivity index (χ1) is 10.3. The highest BCUT2D eigenvalue weighted by Crippen LogP contribution is 2.21. The molecule has 0 atom stereocenters. The van der Waals surface area contributed by atoms with E-state index in [0.29, 0.717) is 12.6 Å². The normalized spacial score (nSPS) is 14.5. The van der Waals surface area contributed by atoms with Crippen LogP contribution in [-0.2, 0) is 17.9 Å². The maximum absolute atomic E-state index is 12.0. The average Bonchev–Trinajstić information content (AvgIpc) is 3.19. The monoisotopic (exact) mass is 285 g/mol. The first-order valence-electron chi connectivity index (χ1n) is 7.84. The van der Waals surface area contributed by atoms with Gasteiger partial charge in [0.2, 0.25) is 5.91 Å². The Kier molecular flexibility index (Phi) is 4.25. The minimum atomic E-state index is 0.115. The number of nitrogens with zero attached hydrogens (tertiary/aromatic N) is 1. The van der Waals surface area contributed by atoms with Crippen molar-refractivity contribution >= 4 is 16.8 Å². The lowest BCUT2D eigenvalue weighted by atomic mass is 10.1. The fourth-order valence-corrected chi connectivity index (χ4v) is 2.63. The lowest BCUT2D eigenvalue weighted by Crippen LogP contribution is -2.29. The molecule has 4 heteroatoms. The van der Waals surface area contributed by atoms with Gasteiger partial charge < -0.3 is 15.2 Å². The quantitative estimate of drug-likeness (QED) is 0.767. The van der Waals surface area contributed by atoms with Crippen LogP contribution in [0.2, 0.25) is 0 Å². The van der Waals surface area contributed by atoms with Gasteiger partial charge in [-0.05, 0) is 43.5 Å². The molecule has 2 N–H and O–H groups in total. The van der Waals surface area contributed by atoms with Gasteiger partial charge >= 0.3 is 0 Å². The molecule has 1 aromatic heterocycles. The Morgan fingerprint density at radius 3 is 2.95 bits per heavy atom. The van der Waals surface area contributed by atoms with Gasteiger partial charge in [-0.15, -0.1) is 0 Å². The molecule has 0 unspecified atom stereocenters. The fourth-order valence-electron chi connectivity index (χ4n) is 2.63. The third-order valence-electron chi connectivity index (χ3n) is 3.90. The standard InChI is InChI=1S/C17H23N3O/c1-2-9-18-11-13-4-3-5-16-15(13)8-10-20(16)12-17(21)19-14-6-7-14/h3-5,8,10,14,18H,2,6-7,9,11-12H2,1H3,(H,19,21). The Labute approximate surface area is 125 Å². The van der Waals surface area contributed by atoms with E-state index in [1.165, 1.54) is 10.9 Å². The number of hydrogen-bond donors (Lipinski definition) is 2. The Hall–Kier alpha value is -1.81. The maximum Gasteiger partial charge on any atom is 0.240 e. The molecule has 112 valence electrons. The molecule has 0 aliphatic heterocycles. The van der Waals surface area contributed by atoms with E-state index in [9.17, 15) is 4.79 Å². The lowest BCUT2D eigenvalue weighted by Gasteiger charge is -2.08. The number of nitrogens with one attached hydrogen (secondary N) is 2. The third kappa shape index (κ3) is 3.45. The number of hydrogen-bond acceptors (Lipinski definition) is 2. The average molecular weight is 285 g/mol. The van der Waals surface area contributed by atoms with Gasteiger partial charge in [0.1, 0.15) is 6.54 Å². The van der Waals surface area contributed by atoms with Crippen molar-refractivity contribution in [1.29, 1.82) is 0 Å². The molecule has 0 spiro atoms. The number of fused-ring (bicyclic) bond motifs is 1. The van der Waals surface area contributed by atoms with Crippen molar-refractivity contribution in [3.8, 4) is 0 Å². The predicted molar refractivity (Wildman–Crippen MR) is 85.1 cm³/mol. The van der Waals surface area contributed by atoms with Gasteiger partial charge in [-0.2, -0.15) is 0 Å². The van der Waals surface area contributed by atoms with Crippen molar-refractivity contribution in [2.75, 3.05) is 6.54 Å². The molecule has 21 heavy (non-hydrogen) atoms. The van der Waals surface area contributed by atoms with E-state index in [4.69, 9.17) is 0 Å². The van der Waals surface area contributed by atoms with Gasteiger partial charge in [-0.1, -0.05) is 19.1 Å². The first kappa shape index (κ1) is 14.1. The molecule has 1 saturated carbocycles. The zero-order valence-electron chi connectivity index (χ0n) is 12.6. The van der Waals surface area contributed by atoms with E-state index >= 15 is 0 Å². The summed E-state index contributed by atoms with van der Waals surface area (Å²) in [6, 6.07) is 8.85. The highest BCUT2D eigenvalue weighted by molar-refractivity contribution is 5.86. The Bertz CT molecular complexity index is 628. The number of rotatable bonds is 7. The topological polar surface area (TPSA) is 46.1 Å². The zero-order valence-corrected chi connectivity index (χ0v) is 12.6. The molecular weight excluding hydrogens is 262 g/mol. The molecule has 0 saturated heterocycles. The van der Waals surface area contributed by atoms with E-state index in [2.05, 4.69) is 41.8 Å². The molecule has 0 bridgehead atoms. The van der Waals surface area contributed by atoms with Crippen LogP contribution in [0.25, 0.3) is 10.9 Å². The number of carbonyl (C=O) groups excluding carboxylic acids is 1. The molecule has 2 aromatic rings. The fraction of sp³-hybridized carbons (Fsp3) is 0.471. The number of aromatic nitrogens is 1. The molecule has 1 aliphatic carbocycles. The molecule has 1 fully saturated rings.